The average molecular weight is 180 g/mol. The maximum atomic E-state index is 9.72. The molecule has 0 saturated carbocycles. The molecule has 0 aromatic heterocycles. The third kappa shape index (κ3) is 1.83. The smallest absolute Gasteiger partial charge is 0.124 e. The van der Waals surface area contributed by atoms with Crippen LogP contribution in [0.15, 0.2) is 12.1 Å². The summed E-state index contributed by atoms with van der Waals surface area (Å²) in [6.45, 7) is 5.62. The molecule has 2 nitrogen and oxygen atoms in total. The number of hydrogen-bond acceptors (Lipinski definition) is 2. The molecule has 1 rings (SSSR count). The highest BCUT2D eigenvalue weighted by molar-refractivity contribution is 5.45. The predicted molar refractivity (Wildman–Crippen MR) is 52.8 cm³/mol. The fourth-order valence-corrected chi connectivity index (χ4v) is 1.44. The van der Waals surface area contributed by atoms with Gasteiger partial charge in [0.05, 0.1) is 6.10 Å². The molecule has 1 aromatic carbocycles. The SMILES string of the molecule is CCC(O)c1c(C)ccc(C)c1O. The predicted octanol–water partition coefficient (Wildman–Crippen LogP) is 2.45. The summed E-state index contributed by atoms with van der Waals surface area (Å²) in [5, 5.41) is 19.4. The fourth-order valence-electron chi connectivity index (χ4n) is 1.44. The Bertz CT molecular complexity index is 305. The molecule has 2 N–H and O–H groups in total. The van der Waals surface area contributed by atoms with Gasteiger partial charge in [-0.1, -0.05) is 19.1 Å². The van der Waals surface area contributed by atoms with E-state index in [4.69, 9.17) is 0 Å². The first-order valence-electron chi connectivity index (χ1n) is 4.55. The van der Waals surface area contributed by atoms with E-state index in [0.29, 0.717) is 12.0 Å². The van der Waals surface area contributed by atoms with Crippen molar-refractivity contribution in [1.82, 2.24) is 0 Å². The van der Waals surface area contributed by atoms with Gasteiger partial charge < -0.3 is 10.2 Å². The molecule has 0 saturated heterocycles. The lowest BCUT2D eigenvalue weighted by Gasteiger charge is -2.14. The molecule has 0 aliphatic carbocycles. The van der Waals surface area contributed by atoms with Gasteiger partial charge in [-0.3, -0.25) is 0 Å². The second-order valence-corrected chi connectivity index (χ2v) is 3.39. The molecule has 1 unspecified atom stereocenters. The zero-order valence-electron chi connectivity index (χ0n) is 8.33. The third-order valence-corrected chi connectivity index (χ3v) is 2.36. The van der Waals surface area contributed by atoms with Crippen molar-refractivity contribution in [2.24, 2.45) is 0 Å². The number of phenols is 1. The van der Waals surface area contributed by atoms with Crippen LogP contribution in [-0.2, 0) is 0 Å². The lowest BCUT2D eigenvalue weighted by molar-refractivity contribution is 0.169. The summed E-state index contributed by atoms with van der Waals surface area (Å²) >= 11 is 0. The first-order chi connectivity index (χ1) is 6.07. The van der Waals surface area contributed by atoms with Crippen molar-refractivity contribution < 1.29 is 10.2 Å². The zero-order valence-corrected chi connectivity index (χ0v) is 8.33. The van der Waals surface area contributed by atoms with Gasteiger partial charge in [0.2, 0.25) is 0 Å². The van der Waals surface area contributed by atoms with Crippen LogP contribution in [0.1, 0.15) is 36.1 Å². The second kappa shape index (κ2) is 3.79. The van der Waals surface area contributed by atoms with Crippen LogP contribution >= 0.6 is 0 Å². The number of hydrogen-bond donors (Lipinski definition) is 2. The van der Waals surface area contributed by atoms with Crippen molar-refractivity contribution in [2.75, 3.05) is 0 Å². The number of aromatic hydroxyl groups is 1. The number of phenolic OH excluding ortho intramolecular Hbond substituents is 1. The van der Waals surface area contributed by atoms with Crippen molar-refractivity contribution >= 4 is 0 Å². The van der Waals surface area contributed by atoms with Gasteiger partial charge in [0.15, 0.2) is 0 Å². The van der Waals surface area contributed by atoms with E-state index in [1.54, 1.807) is 0 Å². The molecule has 0 heterocycles. The first-order valence-corrected chi connectivity index (χ1v) is 4.55. The molecular formula is C11H16O2. The highest BCUT2D eigenvalue weighted by Crippen LogP contribution is 2.31. The molecular weight excluding hydrogens is 164 g/mol. The highest BCUT2D eigenvalue weighted by atomic mass is 16.3. The monoisotopic (exact) mass is 180 g/mol. The Balaban J connectivity index is 3.25. The van der Waals surface area contributed by atoms with Crippen molar-refractivity contribution in [3.05, 3.63) is 28.8 Å². The molecule has 0 bridgehead atoms. The second-order valence-electron chi connectivity index (χ2n) is 3.39. The number of aliphatic hydroxyl groups excluding tert-OH is 1. The van der Waals surface area contributed by atoms with Gasteiger partial charge >= 0.3 is 0 Å². The number of aliphatic hydroxyl groups is 1. The molecule has 0 aliphatic rings. The van der Waals surface area contributed by atoms with Gasteiger partial charge in [0, 0.05) is 5.56 Å². The first kappa shape index (κ1) is 10.1. The molecule has 0 aliphatic heterocycles. The van der Waals surface area contributed by atoms with Crippen molar-refractivity contribution in [3.63, 3.8) is 0 Å². The van der Waals surface area contributed by atoms with Gasteiger partial charge in [0.25, 0.3) is 0 Å². The van der Waals surface area contributed by atoms with Crippen molar-refractivity contribution in [1.29, 1.82) is 0 Å². The summed E-state index contributed by atoms with van der Waals surface area (Å²) in [4.78, 5) is 0. The minimum Gasteiger partial charge on any atom is -0.507 e. The molecule has 0 amide bonds. The van der Waals surface area contributed by atoms with Crippen LogP contribution in [0.2, 0.25) is 0 Å². The van der Waals surface area contributed by atoms with Crippen LogP contribution in [0.3, 0.4) is 0 Å². The molecule has 0 fully saturated rings. The van der Waals surface area contributed by atoms with Gasteiger partial charge in [-0.2, -0.15) is 0 Å². The molecule has 72 valence electrons. The zero-order chi connectivity index (χ0) is 10.0. The standard InChI is InChI=1S/C11H16O2/c1-4-9(12)10-7(2)5-6-8(3)11(10)13/h5-6,9,12-13H,4H2,1-3H3. The Morgan fingerprint density at radius 3 is 2.31 bits per heavy atom. The average Bonchev–Trinajstić information content (AvgIpc) is 2.12. The van der Waals surface area contributed by atoms with Crippen LogP contribution in [0.25, 0.3) is 0 Å². The van der Waals surface area contributed by atoms with E-state index >= 15 is 0 Å². The summed E-state index contributed by atoms with van der Waals surface area (Å²) < 4.78 is 0. The van der Waals surface area contributed by atoms with Crippen LogP contribution < -0.4 is 0 Å². The quantitative estimate of drug-likeness (QED) is 0.734. The van der Waals surface area contributed by atoms with Crippen LogP contribution in [0.4, 0.5) is 0 Å². The summed E-state index contributed by atoms with van der Waals surface area (Å²) in [6.07, 6.45) is 0.0672. The molecule has 1 aromatic rings. The van der Waals surface area contributed by atoms with E-state index < -0.39 is 6.10 Å². The molecule has 1 atom stereocenters. The maximum absolute atomic E-state index is 9.72. The molecule has 13 heavy (non-hydrogen) atoms. The van der Waals surface area contributed by atoms with Gasteiger partial charge in [-0.25, -0.2) is 0 Å². The fraction of sp³-hybridized carbons (Fsp3) is 0.455. The minimum absolute atomic E-state index is 0.231. The highest BCUT2D eigenvalue weighted by Gasteiger charge is 2.14. The summed E-state index contributed by atoms with van der Waals surface area (Å²) in [6, 6.07) is 3.78. The Hall–Kier alpha value is -1.02. The third-order valence-electron chi connectivity index (χ3n) is 2.36. The molecule has 2 heteroatoms. The number of aryl methyl sites for hydroxylation is 2. The Morgan fingerprint density at radius 1 is 1.23 bits per heavy atom. The van der Waals surface area contributed by atoms with Crippen molar-refractivity contribution in [3.8, 4) is 5.75 Å². The summed E-state index contributed by atoms with van der Waals surface area (Å²) in [5.74, 6) is 0.231. The van der Waals surface area contributed by atoms with Crippen LogP contribution in [0, 0.1) is 13.8 Å². The van der Waals surface area contributed by atoms with E-state index in [9.17, 15) is 10.2 Å². The van der Waals surface area contributed by atoms with E-state index in [1.807, 2.05) is 32.9 Å². The summed E-state index contributed by atoms with van der Waals surface area (Å²) in [5.41, 5.74) is 2.42. The lowest BCUT2D eigenvalue weighted by Crippen LogP contribution is -1.99. The van der Waals surface area contributed by atoms with E-state index in [-0.39, 0.29) is 5.75 Å². The van der Waals surface area contributed by atoms with Gasteiger partial charge in [0.1, 0.15) is 5.75 Å². The van der Waals surface area contributed by atoms with Crippen LogP contribution in [-0.4, -0.2) is 10.2 Å². The topological polar surface area (TPSA) is 40.5 Å². The lowest BCUT2D eigenvalue weighted by atomic mass is 9.98. The number of rotatable bonds is 2. The minimum atomic E-state index is -0.556. The van der Waals surface area contributed by atoms with Crippen LogP contribution in [0.5, 0.6) is 5.75 Å². The van der Waals surface area contributed by atoms with E-state index in [0.717, 1.165) is 11.1 Å². The molecule has 0 spiro atoms. The van der Waals surface area contributed by atoms with Gasteiger partial charge in [-0.05, 0) is 31.4 Å². The van der Waals surface area contributed by atoms with Gasteiger partial charge in [-0.15, -0.1) is 0 Å². The Morgan fingerprint density at radius 2 is 1.77 bits per heavy atom. The Labute approximate surface area is 78.8 Å². The molecule has 0 radical (unpaired) electrons. The Kier molecular flexibility index (Phi) is 2.94. The van der Waals surface area contributed by atoms with E-state index in [2.05, 4.69) is 0 Å². The van der Waals surface area contributed by atoms with Crippen molar-refractivity contribution in [2.45, 2.75) is 33.3 Å². The largest absolute Gasteiger partial charge is 0.507 e. The summed E-state index contributed by atoms with van der Waals surface area (Å²) in [7, 11) is 0. The van der Waals surface area contributed by atoms with E-state index in [1.165, 1.54) is 0 Å². The maximum Gasteiger partial charge on any atom is 0.124 e. The normalized spacial score (nSPS) is 12.9. The number of benzene rings is 1.